The van der Waals surface area contributed by atoms with Crippen molar-refractivity contribution < 1.29 is 9.59 Å². The number of hydrogen-bond acceptors (Lipinski definition) is 2. The van der Waals surface area contributed by atoms with Gasteiger partial charge in [0.15, 0.2) is 5.78 Å². The summed E-state index contributed by atoms with van der Waals surface area (Å²) in [5.41, 5.74) is -0.938. The summed E-state index contributed by atoms with van der Waals surface area (Å²) in [5.74, 6) is 0.689. The molecule has 2 heteroatoms. The quantitative estimate of drug-likeness (QED) is 0.688. The van der Waals surface area contributed by atoms with Gasteiger partial charge in [-0.1, -0.05) is 41.0 Å². The van der Waals surface area contributed by atoms with Crippen LogP contribution in [0.2, 0.25) is 0 Å². The molecule has 0 bridgehead atoms. The molecule has 1 saturated carbocycles. The van der Waals surface area contributed by atoms with Crippen molar-refractivity contribution in [3.8, 4) is 0 Å². The van der Waals surface area contributed by atoms with Gasteiger partial charge >= 0.3 is 0 Å². The molecule has 1 aliphatic carbocycles. The molecule has 1 rings (SSSR count). The van der Waals surface area contributed by atoms with E-state index in [0.29, 0.717) is 19.3 Å². The van der Waals surface area contributed by atoms with Gasteiger partial charge in [0.25, 0.3) is 0 Å². The second-order valence-electron chi connectivity index (χ2n) is 5.71. The molecule has 1 atom stereocenters. The lowest BCUT2D eigenvalue weighted by Gasteiger charge is -2.49. The second kappa shape index (κ2) is 5.54. The molecule has 0 amide bonds. The van der Waals surface area contributed by atoms with Crippen molar-refractivity contribution in [2.24, 2.45) is 16.7 Å². The molecule has 0 radical (unpaired) electrons. The van der Waals surface area contributed by atoms with Crippen molar-refractivity contribution in [3.63, 3.8) is 0 Å². The van der Waals surface area contributed by atoms with E-state index in [4.69, 9.17) is 0 Å². The molecule has 1 unspecified atom stereocenters. The number of carbonyl (C=O) groups is 2. The first-order valence-electron chi connectivity index (χ1n) is 7.57. The van der Waals surface area contributed by atoms with E-state index in [-0.39, 0.29) is 22.9 Å². The first-order chi connectivity index (χ1) is 8.48. The summed E-state index contributed by atoms with van der Waals surface area (Å²) in [6, 6.07) is 0. The third-order valence-corrected chi connectivity index (χ3v) is 5.60. The van der Waals surface area contributed by atoms with E-state index in [1.165, 1.54) is 0 Å². The highest BCUT2D eigenvalue weighted by Gasteiger charge is 2.57. The minimum atomic E-state index is -0.683. The molecule has 1 fully saturated rings. The summed E-state index contributed by atoms with van der Waals surface area (Å²) in [5, 5.41) is 0. The lowest BCUT2D eigenvalue weighted by Crippen LogP contribution is -2.56. The highest BCUT2D eigenvalue weighted by Crippen LogP contribution is 2.52. The maximum Gasteiger partial charge on any atom is 0.152 e. The molecule has 0 aliphatic heterocycles. The smallest absolute Gasteiger partial charge is 0.152 e. The Kier molecular flexibility index (Phi) is 4.74. The van der Waals surface area contributed by atoms with E-state index >= 15 is 0 Å². The van der Waals surface area contributed by atoms with Gasteiger partial charge in [0.1, 0.15) is 5.78 Å². The maximum atomic E-state index is 13.1. The standard InChI is InChI=1S/C16H28O2/c1-6-12-11-13(17)16(9-4,10-5)14(18)15(12,7-2)8-3/h12H,6-11H2,1-5H3. The molecule has 0 aromatic heterocycles. The lowest BCUT2D eigenvalue weighted by atomic mass is 9.52. The predicted molar refractivity (Wildman–Crippen MR) is 74.4 cm³/mol. The zero-order valence-corrected chi connectivity index (χ0v) is 12.6. The summed E-state index contributed by atoms with van der Waals surface area (Å²) in [7, 11) is 0. The normalized spacial score (nSPS) is 26.4. The van der Waals surface area contributed by atoms with Crippen LogP contribution in [0.5, 0.6) is 0 Å². The van der Waals surface area contributed by atoms with Gasteiger partial charge in [0.2, 0.25) is 0 Å². The Labute approximate surface area is 112 Å². The summed E-state index contributed by atoms with van der Waals surface area (Å²) in [6.07, 6.45) is 4.61. The van der Waals surface area contributed by atoms with Crippen LogP contribution in [0.15, 0.2) is 0 Å². The van der Waals surface area contributed by atoms with Crippen molar-refractivity contribution in [1.29, 1.82) is 0 Å². The zero-order valence-electron chi connectivity index (χ0n) is 12.6. The molecule has 0 aromatic rings. The highest BCUT2D eigenvalue weighted by molar-refractivity contribution is 6.11. The summed E-state index contributed by atoms with van der Waals surface area (Å²) < 4.78 is 0. The SMILES string of the molecule is CCC1CC(=O)C(CC)(CC)C(=O)C1(CC)CC. The van der Waals surface area contributed by atoms with Gasteiger partial charge in [-0.15, -0.1) is 0 Å². The summed E-state index contributed by atoms with van der Waals surface area (Å²) >= 11 is 0. The minimum Gasteiger partial charge on any atom is -0.299 e. The van der Waals surface area contributed by atoms with E-state index in [1.807, 2.05) is 13.8 Å². The average Bonchev–Trinajstić information content (AvgIpc) is 2.40. The number of hydrogen-bond donors (Lipinski definition) is 0. The molecule has 1 aliphatic rings. The molecule has 0 spiro atoms. The van der Waals surface area contributed by atoms with Crippen LogP contribution in [0.1, 0.15) is 73.1 Å². The number of ketones is 2. The van der Waals surface area contributed by atoms with Gasteiger partial charge in [-0.3, -0.25) is 9.59 Å². The van der Waals surface area contributed by atoms with E-state index < -0.39 is 5.41 Å². The Morgan fingerprint density at radius 3 is 1.78 bits per heavy atom. The van der Waals surface area contributed by atoms with E-state index in [2.05, 4.69) is 20.8 Å². The Morgan fingerprint density at radius 1 is 0.944 bits per heavy atom. The van der Waals surface area contributed by atoms with Gasteiger partial charge in [-0.25, -0.2) is 0 Å². The van der Waals surface area contributed by atoms with Crippen LogP contribution in [0, 0.1) is 16.7 Å². The van der Waals surface area contributed by atoms with Crippen molar-refractivity contribution in [2.45, 2.75) is 73.1 Å². The number of carbonyl (C=O) groups excluding carboxylic acids is 2. The van der Waals surface area contributed by atoms with Crippen molar-refractivity contribution in [2.75, 3.05) is 0 Å². The molecule has 0 aromatic carbocycles. The predicted octanol–water partition coefficient (Wildman–Crippen LogP) is 4.17. The number of Topliss-reactive ketones (excluding diaryl/α,β-unsaturated/α-hetero) is 2. The van der Waals surface area contributed by atoms with Gasteiger partial charge in [0, 0.05) is 11.8 Å². The van der Waals surface area contributed by atoms with E-state index in [1.54, 1.807) is 0 Å². The number of rotatable bonds is 5. The highest BCUT2D eigenvalue weighted by atomic mass is 16.2. The first kappa shape index (κ1) is 15.4. The Bertz CT molecular complexity index is 322. The van der Waals surface area contributed by atoms with Crippen LogP contribution in [-0.2, 0) is 9.59 Å². The van der Waals surface area contributed by atoms with Gasteiger partial charge < -0.3 is 0 Å². The largest absolute Gasteiger partial charge is 0.299 e. The minimum absolute atomic E-state index is 0.196. The van der Waals surface area contributed by atoms with Crippen LogP contribution >= 0.6 is 0 Å². The Morgan fingerprint density at radius 2 is 1.44 bits per heavy atom. The molecule has 2 nitrogen and oxygen atoms in total. The van der Waals surface area contributed by atoms with E-state index in [0.717, 1.165) is 19.3 Å². The molecule has 104 valence electrons. The fourth-order valence-electron chi connectivity index (χ4n) is 4.05. The van der Waals surface area contributed by atoms with Gasteiger partial charge in [0.05, 0.1) is 5.41 Å². The van der Waals surface area contributed by atoms with Crippen molar-refractivity contribution in [3.05, 3.63) is 0 Å². The second-order valence-corrected chi connectivity index (χ2v) is 5.71. The maximum absolute atomic E-state index is 13.1. The molecule has 0 saturated heterocycles. The van der Waals surface area contributed by atoms with Gasteiger partial charge in [-0.2, -0.15) is 0 Å². The topological polar surface area (TPSA) is 34.1 Å². The molecular formula is C16H28O2. The Hall–Kier alpha value is -0.660. The fourth-order valence-corrected chi connectivity index (χ4v) is 4.05. The molecular weight excluding hydrogens is 224 g/mol. The van der Waals surface area contributed by atoms with Crippen LogP contribution in [0.25, 0.3) is 0 Å². The summed E-state index contributed by atoms with van der Waals surface area (Å²) in [6.45, 7) is 10.3. The molecule has 18 heavy (non-hydrogen) atoms. The van der Waals surface area contributed by atoms with Crippen LogP contribution in [0.4, 0.5) is 0 Å². The van der Waals surface area contributed by atoms with E-state index in [9.17, 15) is 9.59 Å². The van der Waals surface area contributed by atoms with Crippen molar-refractivity contribution in [1.82, 2.24) is 0 Å². The van der Waals surface area contributed by atoms with Crippen LogP contribution in [0.3, 0.4) is 0 Å². The van der Waals surface area contributed by atoms with Crippen LogP contribution in [-0.4, -0.2) is 11.6 Å². The van der Waals surface area contributed by atoms with Crippen LogP contribution < -0.4 is 0 Å². The fraction of sp³-hybridized carbons (Fsp3) is 0.875. The summed E-state index contributed by atoms with van der Waals surface area (Å²) in [4.78, 5) is 25.5. The third-order valence-electron chi connectivity index (χ3n) is 5.60. The zero-order chi connectivity index (χ0) is 14.0. The molecule has 0 N–H and O–H groups in total. The monoisotopic (exact) mass is 252 g/mol. The molecule has 0 heterocycles. The Balaban J connectivity index is 3.32. The van der Waals surface area contributed by atoms with Crippen molar-refractivity contribution >= 4 is 11.6 Å². The lowest BCUT2D eigenvalue weighted by molar-refractivity contribution is -0.159. The third kappa shape index (κ3) is 1.85. The first-order valence-corrected chi connectivity index (χ1v) is 7.57. The van der Waals surface area contributed by atoms with Gasteiger partial charge in [-0.05, 0) is 31.6 Å². The average molecular weight is 252 g/mol.